The van der Waals surface area contributed by atoms with E-state index in [1.54, 1.807) is 33.8 Å². The van der Waals surface area contributed by atoms with Gasteiger partial charge < -0.3 is 9.84 Å². The number of sulfone groups is 1. The van der Waals surface area contributed by atoms with Crippen molar-refractivity contribution in [1.82, 2.24) is 0 Å². The molecule has 0 aromatic heterocycles. The van der Waals surface area contributed by atoms with Crippen LogP contribution in [0.1, 0.15) is 44.9 Å². The zero-order valence-electron chi connectivity index (χ0n) is 12.8. The molecule has 0 fully saturated rings. The molecule has 0 aliphatic carbocycles. The van der Waals surface area contributed by atoms with Crippen LogP contribution < -0.4 is 4.74 Å². The van der Waals surface area contributed by atoms with Crippen molar-refractivity contribution >= 4 is 9.84 Å². The highest BCUT2D eigenvalue weighted by molar-refractivity contribution is 7.92. The van der Waals surface area contributed by atoms with Crippen LogP contribution in [-0.2, 0) is 9.84 Å². The lowest BCUT2D eigenvalue weighted by Gasteiger charge is -2.20. The van der Waals surface area contributed by atoms with E-state index >= 15 is 0 Å². The van der Waals surface area contributed by atoms with Gasteiger partial charge in [0.1, 0.15) is 12.4 Å². The number of ether oxygens (including phenoxy) is 1. The Balaban J connectivity index is 2.77. The Morgan fingerprint density at radius 3 is 2.40 bits per heavy atom. The van der Waals surface area contributed by atoms with Crippen molar-refractivity contribution in [3.8, 4) is 5.75 Å². The van der Waals surface area contributed by atoms with E-state index in [9.17, 15) is 13.5 Å². The molecule has 1 aromatic rings. The molecule has 1 rings (SSSR count). The molecule has 0 unspecified atom stereocenters. The fourth-order valence-electron chi connectivity index (χ4n) is 1.69. The van der Waals surface area contributed by atoms with Crippen LogP contribution >= 0.6 is 0 Å². The van der Waals surface area contributed by atoms with Crippen molar-refractivity contribution in [1.29, 1.82) is 0 Å². The summed E-state index contributed by atoms with van der Waals surface area (Å²) in [5, 5.41) is 9.72. The van der Waals surface area contributed by atoms with Crippen LogP contribution in [0.3, 0.4) is 0 Å². The molecule has 0 amide bonds. The van der Waals surface area contributed by atoms with Crippen molar-refractivity contribution in [2.24, 2.45) is 0 Å². The molecule has 20 heavy (non-hydrogen) atoms. The van der Waals surface area contributed by atoms with Crippen LogP contribution in [-0.4, -0.2) is 30.6 Å². The van der Waals surface area contributed by atoms with Crippen LogP contribution in [0, 0.1) is 6.92 Å². The highest BCUT2D eigenvalue weighted by atomic mass is 32.2. The molecule has 0 spiro atoms. The van der Waals surface area contributed by atoms with Crippen LogP contribution in [0.15, 0.2) is 18.2 Å². The van der Waals surface area contributed by atoms with Crippen molar-refractivity contribution in [2.45, 2.75) is 45.5 Å². The Morgan fingerprint density at radius 1 is 1.30 bits per heavy atom. The molecule has 0 saturated carbocycles. The summed E-state index contributed by atoms with van der Waals surface area (Å²) < 4.78 is 28.7. The van der Waals surface area contributed by atoms with Gasteiger partial charge in [0.2, 0.25) is 0 Å². The zero-order chi connectivity index (χ0) is 15.6. The summed E-state index contributed by atoms with van der Waals surface area (Å²) in [6.07, 6.45) is -0.649. The second-order valence-electron chi connectivity index (χ2n) is 6.00. The van der Waals surface area contributed by atoms with Gasteiger partial charge in [-0.25, -0.2) is 8.42 Å². The molecule has 4 nitrogen and oxygen atoms in total. The second-order valence-corrected chi connectivity index (χ2v) is 8.86. The number of aliphatic hydroxyl groups is 1. The Morgan fingerprint density at radius 2 is 1.90 bits per heavy atom. The minimum absolute atomic E-state index is 0.0381. The van der Waals surface area contributed by atoms with E-state index < -0.39 is 20.7 Å². The van der Waals surface area contributed by atoms with E-state index in [2.05, 4.69) is 0 Å². The van der Waals surface area contributed by atoms with E-state index in [-0.39, 0.29) is 12.4 Å². The molecule has 0 aliphatic heterocycles. The van der Waals surface area contributed by atoms with Gasteiger partial charge >= 0.3 is 0 Å². The molecule has 0 saturated heterocycles. The maximum absolute atomic E-state index is 12.0. The summed E-state index contributed by atoms with van der Waals surface area (Å²) in [5.74, 6) is 0.499. The standard InChI is InChI=1S/C15H24O4S/c1-11-6-7-14(13(10-11)12(2)16)19-8-9-20(17,18)15(3,4)5/h6-7,10,12,16H,8-9H2,1-5H3/t12-/m0/s1. The highest BCUT2D eigenvalue weighted by Crippen LogP contribution is 2.26. The monoisotopic (exact) mass is 300 g/mol. The first-order chi connectivity index (χ1) is 9.04. The number of aryl methyl sites for hydroxylation is 1. The third-order valence-electron chi connectivity index (χ3n) is 3.16. The topological polar surface area (TPSA) is 63.6 Å². The van der Waals surface area contributed by atoms with E-state index in [0.29, 0.717) is 11.3 Å². The molecule has 0 radical (unpaired) electrons. The van der Waals surface area contributed by atoms with Gasteiger partial charge in [-0.15, -0.1) is 0 Å². The lowest BCUT2D eigenvalue weighted by molar-refractivity contribution is 0.192. The first kappa shape index (κ1) is 17.0. The Bertz CT molecular complexity index is 554. The Kier molecular flexibility index (Phi) is 5.21. The van der Waals surface area contributed by atoms with Gasteiger partial charge in [0.15, 0.2) is 9.84 Å². The third kappa shape index (κ3) is 4.21. The normalized spacial score (nSPS) is 14.1. The number of hydrogen-bond acceptors (Lipinski definition) is 4. The number of benzene rings is 1. The predicted molar refractivity (Wildman–Crippen MR) is 80.8 cm³/mol. The molecular formula is C15H24O4S. The lowest BCUT2D eigenvalue weighted by atomic mass is 10.1. The molecule has 0 heterocycles. The van der Waals surface area contributed by atoms with Crippen molar-refractivity contribution in [2.75, 3.05) is 12.4 Å². The molecular weight excluding hydrogens is 276 g/mol. The highest BCUT2D eigenvalue weighted by Gasteiger charge is 2.28. The molecule has 114 valence electrons. The van der Waals surface area contributed by atoms with E-state index in [0.717, 1.165) is 5.56 Å². The van der Waals surface area contributed by atoms with Crippen molar-refractivity contribution in [3.05, 3.63) is 29.3 Å². The third-order valence-corrected chi connectivity index (χ3v) is 5.73. The fourth-order valence-corrected chi connectivity index (χ4v) is 2.61. The van der Waals surface area contributed by atoms with Crippen molar-refractivity contribution < 1.29 is 18.3 Å². The number of aliphatic hydroxyl groups excluding tert-OH is 1. The number of rotatable bonds is 5. The van der Waals surface area contributed by atoms with Crippen LogP contribution in [0.25, 0.3) is 0 Å². The van der Waals surface area contributed by atoms with E-state index in [1.807, 2.05) is 19.1 Å². The van der Waals surface area contributed by atoms with Crippen LogP contribution in [0.2, 0.25) is 0 Å². The van der Waals surface area contributed by atoms with Gasteiger partial charge in [0, 0.05) is 5.56 Å². The Labute approximate surface area is 121 Å². The molecule has 1 atom stereocenters. The molecule has 0 bridgehead atoms. The fraction of sp³-hybridized carbons (Fsp3) is 0.600. The lowest BCUT2D eigenvalue weighted by Crippen LogP contribution is -2.32. The van der Waals surface area contributed by atoms with Gasteiger partial charge in [-0.1, -0.05) is 11.6 Å². The largest absolute Gasteiger partial charge is 0.492 e. The average Bonchev–Trinajstić information content (AvgIpc) is 2.29. The Hall–Kier alpha value is -1.07. The summed E-state index contributed by atoms with van der Waals surface area (Å²) in [4.78, 5) is 0. The molecule has 1 N–H and O–H groups in total. The van der Waals surface area contributed by atoms with E-state index in [4.69, 9.17) is 4.74 Å². The average molecular weight is 300 g/mol. The minimum atomic E-state index is -3.20. The molecule has 0 aliphatic rings. The summed E-state index contributed by atoms with van der Waals surface area (Å²) in [7, 11) is -3.20. The zero-order valence-corrected chi connectivity index (χ0v) is 13.6. The summed E-state index contributed by atoms with van der Waals surface area (Å²) in [5.41, 5.74) is 1.70. The van der Waals surface area contributed by atoms with Crippen molar-refractivity contribution in [3.63, 3.8) is 0 Å². The summed E-state index contributed by atoms with van der Waals surface area (Å²) in [6.45, 7) is 8.70. The summed E-state index contributed by atoms with van der Waals surface area (Å²) >= 11 is 0. The first-order valence-corrected chi connectivity index (χ1v) is 8.33. The second kappa shape index (κ2) is 6.14. The van der Waals surface area contributed by atoms with E-state index in [1.165, 1.54) is 0 Å². The van der Waals surface area contributed by atoms with Gasteiger partial charge in [0.25, 0.3) is 0 Å². The van der Waals surface area contributed by atoms with Crippen LogP contribution in [0.4, 0.5) is 0 Å². The van der Waals surface area contributed by atoms with Crippen LogP contribution in [0.5, 0.6) is 5.75 Å². The van der Waals surface area contributed by atoms with Gasteiger partial charge in [-0.2, -0.15) is 0 Å². The quantitative estimate of drug-likeness (QED) is 0.908. The maximum atomic E-state index is 12.0. The predicted octanol–water partition coefficient (Wildman–Crippen LogP) is 2.64. The smallest absolute Gasteiger partial charge is 0.158 e. The SMILES string of the molecule is Cc1ccc(OCCS(=O)(=O)C(C)(C)C)c([C@H](C)O)c1. The van der Waals surface area contributed by atoms with Gasteiger partial charge in [-0.05, 0) is 46.8 Å². The summed E-state index contributed by atoms with van der Waals surface area (Å²) in [6, 6.07) is 5.48. The molecule has 1 aromatic carbocycles. The minimum Gasteiger partial charge on any atom is -0.492 e. The number of hydrogen-bond donors (Lipinski definition) is 1. The first-order valence-electron chi connectivity index (χ1n) is 6.68. The van der Waals surface area contributed by atoms with Gasteiger partial charge in [-0.3, -0.25) is 0 Å². The molecule has 5 heteroatoms. The maximum Gasteiger partial charge on any atom is 0.158 e. The van der Waals surface area contributed by atoms with Gasteiger partial charge in [0.05, 0.1) is 16.6 Å².